The van der Waals surface area contributed by atoms with E-state index in [4.69, 9.17) is 5.11 Å². The molecule has 2 nitrogen and oxygen atoms in total. The summed E-state index contributed by atoms with van der Waals surface area (Å²) in [4.78, 5) is 0. The number of hydrogen-bond acceptors (Lipinski definition) is 2. The molecule has 0 aliphatic heterocycles. The van der Waals surface area contributed by atoms with Crippen molar-refractivity contribution in [2.24, 2.45) is 5.41 Å². The van der Waals surface area contributed by atoms with Gasteiger partial charge in [0.1, 0.15) is 0 Å². The Labute approximate surface area is 124 Å². The molecule has 0 unspecified atom stereocenters. The Morgan fingerprint density at radius 2 is 1.89 bits per heavy atom. The van der Waals surface area contributed by atoms with Gasteiger partial charge in [0.05, 0.1) is 0 Å². The third kappa shape index (κ3) is 4.30. The molecule has 1 aromatic carbocycles. The summed E-state index contributed by atoms with van der Waals surface area (Å²) in [6, 6.07) is 9.34. The molecule has 0 spiro atoms. The highest BCUT2D eigenvalue weighted by Gasteiger charge is 2.31. The van der Waals surface area contributed by atoms with Crippen LogP contribution in [0.2, 0.25) is 0 Å². The number of aliphatic hydroxyl groups excluding tert-OH is 1. The van der Waals surface area contributed by atoms with E-state index in [1.807, 2.05) is 0 Å². The van der Waals surface area contributed by atoms with Gasteiger partial charge in [0.2, 0.25) is 0 Å². The Balaban J connectivity index is 1.73. The molecule has 0 bridgehead atoms. The van der Waals surface area contributed by atoms with Crippen molar-refractivity contribution >= 4 is 15.9 Å². The van der Waals surface area contributed by atoms with Gasteiger partial charge in [-0.1, -0.05) is 41.9 Å². The standard InChI is InChI=1S/C16H24BrNO/c1-16(2,7-8-19)11-18-15-9-13(10-15)12-3-5-14(17)6-4-12/h3-6,13,15,18-19H,7-11H2,1-2H3. The molecule has 19 heavy (non-hydrogen) atoms. The molecule has 1 aliphatic carbocycles. The molecule has 1 aromatic rings. The van der Waals surface area contributed by atoms with Crippen molar-refractivity contribution in [2.75, 3.05) is 13.2 Å². The molecular formula is C16H24BrNO. The lowest BCUT2D eigenvalue weighted by molar-refractivity contribution is 0.187. The van der Waals surface area contributed by atoms with Crippen LogP contribution in [0.3, 0.4) is 0 Å². The lowest BCUT2D eigenvalue weighted by Crippen LogP contribution is -2.44. The minimum atomic E-state index is 0.192. The Kier molecular flexibility index (Phi) is 5.04. The fourth-order valence-corrected chi connectivity index (χ4v) is 2.87. The maximum absolute atomic E-state index is 9.02. The second kappa shape index (κ2) is 6.38. The smallest absolute Gasteiger partial charge is 0.0436 e. The van der Waals surface area contributed by atoms with Crippen LogP contribution in [0, 0.1) is 5.41 Å². The summed E-state index contributed by atoms with van der Waals surface area (Å²) >= 11 is 3.47. The van der Waals surface area contributed by atoms with Gasteiger partial charge in [0.15, 0.2) is 0 Å². The van der Waals surface area contributed by atoms with Crippen molar-refractivity contribution in [2.45, 2.75) is 45.1 Å². The van der Waals surface area contributed by atoms with Crippen LogP contribution in [0.5, 0.6) is 0 Å². The molecule has 106 valence electrons. The minimum absolute atomic E-state index is 0.192. The molecule has 0 amide bonds. The number of nitrogens with one attached hydrogen (secondary N) is 1. The molecule has 0 aromatic heterocycles. The van der Waals surface area contributed by atoms with Crippen molar-refractivity contribution in [1.29, 1.82) is 0 Å². The van der Waals surface area contributed by atoms with Crippen LogP contribution in [0.4, 0.5) is 0 Å². The first-order valence-electron chi connectivity index (χ1n) is 7.10. The molecule has 0 atom stereocenters. The normalized spacial score (nSPS) is 23.2. The number of benzene rings is 1. The van der Waals surface area contributed by atoms with Crippen LogP contribution < -0.4 is 5.32 Å². The van der Waals surface area contributed by atoms with Crippen LogP contribution >= 0.6 is 15.9 Å². The fourth-order valence-electron chi connectivity index (χ4n) is 2.60. The van der Waals surface area contributed by atoms with E-state index in [9.17, 15) is 0 Å². The number of halogens is 1. The van der Waals surface area contributed by atoms with Crippen LogP contribution in [0.1, 0.15) is 44.6 Å². The Morgan fingerprint density at radius 1 is 1.26 bits per heavy atom. The summed E-state index contributed by atoms with van der Waals surface area (Å²) in [7, 11) is 0. The highest BCUT2D eigenvalue weighted by Crippen LogP contribution is 2.37. The molecule has 0 saturated heterocycles. The zero-order chi connectivity index (χ0) is 13.9. The average Bonchev–Trinajstić information content (AvgIpc) is 2.29. The maximum Gasteiger partial charge on any atom is 0.0436 e. The molecule has 3 heteroatoms. The van der Waals surface area contributed by atoms with E-state index in [1.165, 1.54) is 18.4 Å². The quantitative estimate of drug-likeness (QED) is 0.836. The Bertz CT molecular complexity index is 396. The van der Waals surface area contributed by atoms with E-state index in [-0.39, 0.29) is 12.0 Å². The summed E-state index contributed by atoms with van der Waals surface area (Å²) in [5.41, 5.74) is 1.65. The average molecular weight is 326 g/mol. The SMILES string of the molecule is CC(C)(CCO)CNC1CC(c2ccc(Br)cc2)C1. The summed E-state index contributed by atoms with van der Waals surface area (Å²) in [6.07, 6.45) is 3.33. The van der Waals surface area contributed by atoms with E-state index >= 15 is 0 Å². The maximum atomic E-state index is 9.02. The lowest BCUT2D eigenvalue weighted by atomic mass is 9.75. The van der Waals surface area contributed by atoms with Crippen molar-refractivity contribution in [3.8, 4) is 0 Å². The van der Waals surface area contributed by atoms with Crippen molar-refractivity contribution in [1.82, 2.24) is 5.32 Å². The Hall–Kier alpha value is -0.380. The first-order chi connectivity index (χ1) is 9.00. The van der Waals surface area contributed by atoms with Gasteiger partial charge in [-0.15, -0.1) is 0 Å². The van der Waals surface area contributed by atoms with Gasteiger partial charge < -0.3 is 10.4 Å². The molecule has 0 radical (unpaired) electrons. The van der Waals surface area contributed by atoms with Gasteiger partial charge in [-0.25, -0.2) is 0 Å². The topological polar surface area (TPSA) is 32.3 Å². The first-order valence-corrected chi connectivity index (χ1v) is 7.89. The highest BCUT2D eigenvalue weighted by atomic mass is 79.9. The van der Waals surface area contributed by atoms with Gasteiger partial charge in [-0.2, -0.15) is 0 Å². The molecule has 0 heterocycles. The zero-order valence-corrected chi connectivity index (χ0v) is 13.4. The first kappa shape index (κ1) is 15.0. The number of rotatable bonds is 6. The zero-order valence-electron chi connectivity index (χ0n) is 11.8. The summed E-state index contributed by atoms with van der Waals surface area (Å²) in [5.74, 6) is 0.714. The van der Waals surface area contributed by atoms with Crippen molar-refractivity contribution in [3.63, 3.8) is 0 Å². The van der Waals surface area contributed by atoms with Crippen molar-refractivity contribution in [3.05, 3.63) is 34.3 Å². The van der Waals surface area contributed by atoms with Gasteiger partial charge in [-0.3, -0.25) is 0 Å². The van der Waals surface area contributed by atoms with Crippen LogP contribution in [0.15, 0.2) is 28.7 Å². The van der Waals surface area contributed by atoms with Crippen molar-refractivity contribution < 1.29 is 5.11 Å². The second-order valence-corrected chi connectivity index (χ2v) is 7.35. The van der Waals surface area contributed by atoms with Gasteiger partial charge >= 0.3 is 0 Å². The molecule has 2 rings (SSSR count). The van der Waals surface area contributed by atoms with E-state index in [0.717, 1.165) is 17.4 Å². The number of aliphatic hydroxyl groups is 1. The predicted octanol–water partition coefficient (Wildman–Crippen LogP) is 3.69. The fraction of sp³-hybridized carbons (Fsp3) is 0.625. The number of hydrogen-bond donors (Lipinski definition) is 2. The second-order valence-electron chi connectivity index (χ2n) is 6.44. The van der Waals surface area contributed by atoms with Crippen LogP contribution in [-0.2, 0) is 0 Å². The van der Waals surface area contributed by atoms with E-state index in [0.29, 0.717) is 12.0 Å². The van der Waals surface area contributed by atoms with E-state index in [2.05, 4.69) is 59.4 Å². The van der Waals surface area contributed by atoms with Crippen LogP contribution in [0.25, 0.3) is 0 Å². The molecule has 1 fully saturated rings. The predicted molar refractivity (Wildman–Crippen MR) is 83.4 cm³/mol. The minimum Gasteiger partial charge on any atom is -0.396 e. The third-order valence-electron chi connectivity index (χ3n) is 4.14. The summed E-state index contributed by atoms with van der Waals surface area (Å²) < 4.78 is 1.15. The summed E-state index contributed by atoms with van der Waals surface area (Å²) in [6.45, 7) is 5.69. The molecule has 2 N–H and O–H groups in total. The van der Waals surface area contributed by atoms with Crippen LogP contribution in [-0.4, -0.2) is 24.3 Å². The molecular weight excluding hydrogens is 302 g/mol. The van der Waals surface area contributed by atoms with E-state index < -0.39 is 0 Å². The Morgan fingerprint density at radius 3 is 2.47 bits per heavy atom. The van der Waals surface area contributed by atoms with Gasteiger partial charge in [0.25, 0.3) is 0 Å². The van der Waals surface area contributed by atoms with Gasteiger partial charge in [0, 0.05) is 23.7 Å². The molecule has 1 saturated carbocycles. The van der Waals surface area contributed by atoms with E-state index in [1.54, 1.807) is 0 Å². The third-order valence-corrected chi connectivity index (χ3v) is 4.67. The lowest BCUT2D eigenvalue weighted by Gasteiger charge is -2.38. The monoisotopic (exact) mass is 325 g/mol. The summed E-state index contributed by atoms with van der Waals surface area (Å²) in [5, 5.41) is 12.7. The highest BCUT2D eigenvalue weighted by molar-refractivity contribution is 9.10. The van der Waals surface area contributed by atoms with Gasteiger partial charge in [-0.05, 0) is 48.3 Å². The largest absolute Gasteiger partial charge is 0.396 e. The molecule has 1 aliphatic rings.